The van der Waals surface area contributed by atoms with Crippen LogP contribution < -0.4 is 16.2 Å². The Kier molecular flexibility index (Phi) is 3.86. The molecule has 0 fully saturated rings. The molecule has 0 aliphatic heterocycles. The molecule has 0 bridgehead atoms. The summed E-state index contributed by atoms with van der Waals surface area (Å²) in [6.07, 6.45) is 0. The van der Waals surface area contributed by atoms with Crippen LogP contribution in [0.2, 0.25) is 0 Å². The van der Waals surface area contributed by atoms with Gasteiger partial charge in [0.15, 0.2) is 0 Å². The standard InChI is InChI=1S/C19H19N3O/c1-3-22-17(11-8-13-6-4-5-7-16(13)20)19(21)15-10-9-14(23-2)12-18(15)22/h4-7,9-10,12H,3,20-21H2,1-2H3. The van der Waals surface area contributed by atoms with Gasteiger partial charge in [0.2, 0.25) is 0 Å². The fraction of sp³-hybridized carbons (Fsp3) is 0.158. The largest absolute Gasteiger partial charge is 0.497 e. The monoisotopic (exact) mass is 305 g/mol. The third kappa shape index (κ3) is 2.58. The number of methoxy groups -OCH3 is 1. The number of rotatable bonds is 2. The van der Waals surface area contributed by atoms with E-state index in [1.54, 1.807) is 7.11 Å². The third-order valence-corrected chi connectivity index (χ3v) is 3.90. The zero-order valence-corrected chi connectivity index (χ0v) is 13.3. The molecule has 23 heavy (non-hydrogen) atoms. The lowest BCUT2D eigenvalue weighted by molar-refractivity contribution is 0.415. The number of aryl methyl sites for hydroxylation is 1. The molecule has 4 nitrogen and oxygen atoms in total. The molecule has 0 spiro atoms. The van der Waals surface area contributed by atoms with E-state index in [2.05, 4.69) is 23.3 Å². The van der Waals surface area contributed by atoms with Gasteiger partial charge in [0, 0.05) is 29.2 Å². The zero-order chi connectivity index (χ0) is 16.4. The maximum absolute atomic E-state index is 6.31. The number of fused-ring (bicyclic) bond motifs is 1. The van der Waals surface area contributed by atoms with Crippen LogP contribution in [0.3, 0.4) is 0 Å². The summed E-state index contributed by atoms with van der Waals surface area (Å²) in [7, 11) is 1.66. The van der Waals surface area contributed by atoms with Crippen molar-refractivity contribution < 1.29 is 4.74 Å². The van der Waals surface area contributed by atoms with E-state index < -0.39 is 0 Å². The Morgan fingerprint density at radius 1 is 1.09 bits per heavy atom. The van der Waals surface area contributed by atoms with Crippen molar-refractivity contribution in [3.8, 4) is 17.6 Å². The molecule has 4 heteroatoms. The number of nitrogens with zero attached hydrogens (tertiary/aromatic N) is 1. The first-order valence-electron chi connectivity index (χ1n) is 7.48. The number of benzene rings is 2. The molecule has 2 aromatic carbocycles. The zero-order valence-electron chi connectivity index (χ0n) is 13.3. The molecule has 4 N–H and O–H groups in total. The van der Waals surface area contributed by atoms with E-state index in [0.717, 1.165) is 34.5 Å². The number of aromatic nitrogens is 1. The quantitative estimate of drug-likeness (QED) is 0.564. The van der Waals surface area contributed by atoms with Crippen molar-refractivity contribution in [2.75, 3.05) is 18.6 Å². The van der Waals surface area contributed by atoms with Crippen LogP contribution in [0, 0.1) is 11.8 Å². The van der Waals surface area contributed by atoms with Crippen molar-refractivity contribution in [2.45, 2.75) is 13.5 Å². The summed E-state index contributed by atoms with van der Waals surface area (Å²) in [5.41, 5.74) is 16.2. The summed E-state index contributed by atoms with van der Waals surface area (Å²) in [6.45, 7) is 2.84. The minimum Gasteiger partial charge on any atom is -0.497 e. The van der Waals surface area contributed by atoms with E-state index >= 15 is 0 Å². The molecule has 116 valence electrons. The second-order valence-electron chi connectivity index (χ2n) is 5.23. The highest BCUT2D eigenvalue weighted by Gasteiger charge is 2.13. The lowest BCUT2D eigenvalue weighted by Gasteiger charge is -2.04. The van der Waals surface area contributed by atoms with Crippen LogP contribution >= 0.6 is 0 Å². The highest BCUT2D eigenvalue weighted by atomic mass is 16.5. The SMILES string of the molecule is CCn1c(C#Cc2ccccc2N)c(N)c2ccc(OC)cc21. The molecular formula is C19H19N3O. The van der Waals surface area contributed by atoms with Crippen LogP contribution in [0.25, 0.3) is 10.9 Å². The lowest BCUT2D eigenvalue weighted by Crippen LogP contribution is -1.99. The Labute approximate surface area is 135 Å². The Morgan fingerprint density at radius 3 is 2.57 bits per heavy atom. The number of nitrogen functional groups attached to an aromatic ring is 2. The first-order chi connectivity index (χ1) is 11.2. The van der Waals surface area contributed by atoms with E-state index in [1.807, 2.05) is 42.5 Å². The summed E-state index contributed by atoms with van der Waals surface area (Å²) in [5, 5.41) is 0.984. The van der Waals surface area contributed by atoms with Gasteiger partial charge in [-0.3, -0.25) is 0 Å². The van der Waals surface area contributed by atoms with E-state index in [-0.39, 0.29) is 0 Å². The van der Waals surface area contributed by atoms with Gasteiger partial charge in [-0.1, -0.05) is 18.1 Å². The predicted octanol–water partition coefficient (Wildman–Crippen LogP) is 3.23. The van der Waals surface area contributed by atoms with E-state index in [4.69, 9.17) is 16.2 Å². The van der Waals surface area contributed by atoms with Gasteiger partial charge in [-0.05, 0) is 37.1 Å². The Bertz CT molecular complexity index is 929. The van der Waals surface area contributed by atoms with Crippen LogP contribution in [0.5, 0.6) is 5.75 Å². The van der Waals surface area contributed by atoms with E-state index in [9.17, 15) is 0 Å². The van der Waals surface area contributed by atoms with Crippen LogP contribution in [-0.4, -0.2) is 11.7 Å². The number of ether oxygens (including phenoxy) is 1. The molecule has 1 heterocycles. The van der Waals surface area contributed by atoms with Crippen molar-refractivity contribution in [3.05, 3.63) is 53.7 Å². The smallest absolute Gasteiger partial charge is 0.120 e. The molecular weight excluding hydrogens is 286 g/mol. The second-order valence-corrected chi connectivity index (χ2v) is 5.23. The number of hydrogen-bond acceptors (Lipinski definition) is 3. The molecule has 0 atom stereocenters. The summed E-state index contributed by atoms with van der Waals surface area (Å²) >= 11 is 0. The average Bonchev–Trinajstić information content (AvgIpc) is 2.85. The third-order valence-electron chi connectivity index (χ3n) is 3.90. The minimum absolute atomic E-state index is 0.666. The van der Waals surface area contributed by atoms with Crippen molar-refractivity contribution in [1.82, 2.24) is 4.57 Å². The average molecular weight is 305 g/mol. The molecule has 0 unspecified atom stereocenters. The fourth-order valence-corrected chi connectivity index (χ4v) is 2.68. The van der Waals surface area contributed by atoms with Gasteiger partial charge in [0.1, 0.15) is 11.4 Å². The lowest BCUT2D eigenvalue weighted by atomic mass is 10.2. The predicted molar refractivity (Wildman–Crippen MR) is 95.4 cm³/mol. The second kappa shape index (κ2) is 5.98. The van der Waals surface area contributed by atoms with Gasteiger partial charge < -0.3 is 20.8 Å². The first kappa shape index (κ1) is 14.9. The number of anilines is 2. The van der Waals surface area contributed by atoms with Gasteiger partial charge in [0.25, 0.3) is 0 Å². The highest BCUT2D eigenvalue weighted by molar-refractivity contribution is 5.96. The van der Waals surface area contributed by atoms with Gasteiger partial charge in [-0.15, -0.1) is 0 Å². The summed E-state index contributed by atoms with van der Waals surface area (Å²) in [5.74, 6) is 7.11. The summed E-state index contributed by atoms with van der Waals surface area (Å²) in [4.78, 5) is 0. The van der Waals surface area contributed by atoms with E-state index in [0.29, 0.717) is 11.4 Å². The van der Waals surface area contributed by atoms with Gasteiger partial charge in [-0.2, -0.15) is 0 Å². The molecule has 0 saturated carbocycles. The molecule has 0 amide bonds. The Hall–Kier alpha value is -3.06. The molecule has 0 radical (unpaired) electrons. The van der Waals surface area contributed by atoms with Crippen LogP contribution in [0.4, 0.5) is 11.4 Å². The van der Waals surface area contributed by atoms with Crippen molar-refractivity contribution in [2.24, 2.45) is 0 Å². The summed E-state index contributed by atoms with van der Waals surface area (Å²) < 4.78 is 7.41. The van der Waals surface area contributed by atoms with Crippen LogP contribution in [0.1, 0.15) is 18.2 Å². The Morgan fingerprint density at radius 2 is 1.87 bits per heavy atom. The molecule has 0 aliphatic rings. The van der Waals surface area contributed by atoms with Gasteiger partial charge in [0.05, 0.1) is 18.3 Å². The maximum atomic E-state index is 6.31. The van der Waals surface area contributed by atoms with Crippen molar-refractivity contribution in [1.29, 1.82) is 0 Å². The first-order valence-corrected chi connectivity index (χ1v) is 7.48. The van der Waals surface area contributed by atoms with Crippen LogP contribution in [0.15, 0.2) is 42.5 Å². The van der Waals surface area contributed by atoms with E-state index in [1.165, 1.54) is 0 Å². The van der Waals surface area contributed by atoms with Crippen molar-refractivity contribution >= 4 is 22.3 Å². The minimum atomic E-state index is 0.666. The van der Waals surface area contributed by atoms with Gasteiger partial charge >= 0.3 is 0 Å². The molecule has 3 rings (SSSR count). The van der Waals surface area contributed by atoms with Crippen LogP contribution in [-0.2, 0) is 6.54 Å². The van der Waals surface area contributed by atoms with Gasteiger partial charge in [-0.25, -0.2) is 0 Å². The fourth-order valence-electron chi connectivity index (χ4n) is 2.68. The molecule has 0 aliphatic carbocycles. The van der Waals surface area contributed by atoms with Crippen molar-refractivity contribution in [3.63, 3.8) is 0 Å². The molecule has 0 saturated heterocycles. The summed E-state index contributed by atoms with van der Waals surface area (Å²) in [6, 6.07) is 13.4. The maximum Gasteiger partial charge on any atom is 0.120 e. The number of nitrogens with two attached hydrogens (primary N) is 2. The topological polar surface area (TPSA) is 66.2 Å². The molecule has 1 aromatic heterocycles. The number of para-hydroxylation sites is 1. The molecule has 3 aromatic rings. The highest BCUT2D eigenvalue weighted by Crippen LogP contribution is 2.31. The number of hydrogen-bond donors (Lipinski definition) is 2. The normalized spacial score (nSPS) is 10.3. The Balaban J connectivity index is 2.18.